The van der Waals surface area contributed by atoms with Crippen molar-refractivity contribution in [1.29, 1.82) is 5.26 Å². The molecule has 1 aliphatic heterocycles. The van der Waals surface area contributed by atoms with Gasteiger partial charge < -0.3 is 14.8 Å². The van der Waals surface area contributed by atoms with Crippen molar-refractivity contribution in [2.24, 2.45) is 5.41 Å². The highest BCUT2D eigenvalue weighted by molar-refractivity contribution is 5.84. The number of nitrogens with one attached hydrogen (secondary N) is 1. The smallest absolute Gasteiger partial charge is 0.240 e. The number of carbonyl (C=O) groups excluding carboxylic acids is 1. The van der Waals surface area contributed by atoms with Gasteiger partial charge >= 0.3 is 0 Å². The van der Waals surface area contributed by atoms with E-state index in [1.807, 2.05) is 31.2 Å². The topological polar surface area (TPSA) is 71.4 Å². The maximum absolute atomic E-state index is 12.0. The lowest BCUT2D eigenvalue weighted by Crippen LogP contribution is -2.35. The minimum atomic E-state index is -1.04. The van der Waals surface area contributed by atoms with Crippen LogP contribution in [0.25, 0.3) is 0 Å². The quantitative estimate of drug-likeness (QED) is 0.906. The number of hydrogen-bond donors (Lipinski definition) is 1. The van der Waals surface area contributed by atoms with Gasteiger partial charge in [0.1, 0.15) is 17.3 Å². The number of aryl methyl sites for hydroxylation is 1. The maximum Gasteiger partial charge on any atom is 0.240 e. The zero-order valence-corrected chi connectivity index (χ0v) is 13.3. The highest BCUT2D eigenvalue weighted by Crippen LogP contribution is 2.24. The second kappa shape index (κ2) is 6.80. The molecule has 1 amide bonds. The van der Waals surface area contributed by atoms with Crippen molar-refractivity contribution >= 4 is 5.91 Å². The number of benzene rings is 1. The van der Waals surface area contributed by atoms with E-state index in [-0.39, 0.29) is 12.0 Å². The van der Waals surface area contributed by atoms with E-state index < -0.39 is 5.41 Å². The third kappa shape index (κ3) is 3.99. The molecule has 0 saturated carbocycles. The van der Waals surface area contributed by atoms with Crippen LogP contribution >= 0.6 is 0 Å². The van der Waals surface area contributed by atoms with Crippen molar-refractivity contribution in [2.45, 2.75) is 39.8 Å². The van der Waals surface area contributed by atoms with Crippen molar-refractivity contribution in [3.8, 4) is 11.8 Å². The van der Waals surface area contributed by atoms with Gasteiger partial charge in [-0.25, -0.2) is 0 Å². The van der Waals surface area contributed by atoms with Crippen LogP contribution in [0.3, 0.4) is 0 Å². The van der Waals surface area contributed by atoms with Crippen LogP contribution in [0.5, 0.6) is 5.75 Å². The van der Waals surface area contributed by atoms with E-state index in [2.05, 4.69) is 5.32 Å². The average Bonchev–Trinajstić information content (AvgIpc) is 2.99. The zero-order valence-electron chi connectivity index (χ0n) is 13.3. The van der Waals surface area contributed by atoms with Gasteiger partial charge in [-0.15, -0.1) is 0 Å². The summed E-state index contributed by atoms with van der Waals surface area (Å²) in [5.41, 5.74) is 0.964. The minimum absolute atomic E-state index is 0.0619. The summed E-state index contributed by atoms with van der Waals surface area (Å²) in [7, 11) is 0. The van der Waals surface area contributed by atoms with E-state index in [1.54, 1.807) is 13.8 Å². The summed E-state index contributed by atoms with van der Waals surface area (Å²) in [6, 6.07) is 7.89. The van der Waals surface area contributed by atoms with Gasteiger partial charge in [0, 0.05) is 18.5 Å². The Morgan fingerprint density at radius 3 is 2.95 bits per heavy atom. The van der Waals surface area contributed by atoms with Crippen molar-refractivity contribution in [2.75, 3.05) is 13.2 Å². The predicted molar refractivity (Wildman–Crippen MR) is 82.3 cm³/mol. The summed E-state index contributed by atoms with van der Waals surface area (Å²) < 4.78 is 11.3. The molecule has 1 aromatic carbocycles. The Bertz CT molecular complexity index is 584. The summed E-state index contributed by atoms with van der Waals surface area (Å²) in [6.45, 7) is 6.86. The normalized spacial score (nSPS) is 17.8. The van der Waals surface area contributed by atoms with Crippen molar-refractivity contribution in [3.63, 3.8) is 0 Å². The van der Waals surface area contributed by atoms with Crippen LogP contribution in [0.15, 0.2) is 18.2 Å². The Balaban J connectivity index is 2.07. The van der Waals surface area contributed by atoms with Gasteiger partial charge in [0.15, 0.2) is 0 Å². The standard InChI is InChI=1S/C17H22N2O3/c1-12-4-5-13(9-19-16(20)17(2,3)11-18)15(8-12)22-14-6-7-21-10-14/h4-5,8,14H,6-7,9-10H2,1-3H3,(H,19,20). The fourth-order valence-corrected chi connectivity index (χ4v) is 2.15. The molecule has 1 atom stereocenters. The molecule has 5 heteroatoms. The molecule has 0 bridgehead atoms. The summed E-state index contributed by atoms with van der Waals surface area (Å²) in [6.07, 6.45) is 0.938. The first-order chi connectivity index (χ1) is 10.4. The van der Waals surface area contributed by atoms with Gasteiger partial charge in [0.05, 0.1) is 19.3 Å². The Kier molecular flexibility index (Phi) is 5.04. The van der Waals surface area contributed by atoms with Gasteiger partial charge in [-0.2, -0.15) is 5.26 Å². The zero-order chi connectivity index (χ0) is 16.2. The maximum atomic E-state index is 12.0. The Morgan fingerprint density at radius 2 is 2.32 bits per heavy atom. The van der Waals surface area contributed by atoms with Crippen molar-refractivity contribution in [1.82, 2.24) is 5.32 Å². The van der Waals surface area contributed by atoms with Crippen molar-refractivity contribution in [3.05, 3.63) is 29.3 Å². The number of rotatable bonds is 5. The summed E-state index contributed by atoms with van der Waals surface area (Å²) >= 11 is 0. The molecule has 1 aliphatic rings. The molecule has 5 nitrogen and oxygen atoms in total. The third-order valence-corrected chi connectivity index (χ3v) is 3.69. The fourth-order valence-electron chi connectivity index (χ4n) is 2.15. The summed E-state index contributed by atoms with van der Waals surface area (Å²) in [5, 5.41) is 11.8. The number of nitrogens with zero attached hydrogens (tertiary/aromatic N) is 1. The lowest BCUT2D eigenvalue weighted by atomic mass is 9.94. The Hall–Kier alpha value is -2.06. The number of carbonyl (C=O) groups is 1. The largest absolute Gasteiger partial charge is 0.488 e. The van der Waals surface area contributed by atoms with E-state index in [0.29, 0.717) is 13.2 Å². The highest BCUT2D eigenvalue weighted by Gasteiger charge is 2.27. The van der Waals surface area contributed by atoms with Gasteiger partial charge in [0.25, 0.3) is 0 Å². The van der Waals surface area contributed by atoms with Gasteiger partial charge in [-0.1, -0.05) is 12.1 Å². The molecule has 1 fully saturated rings. The number of nitriles is 1. The van der Waals surface area contributed by atoms with E-state index in [0.717, 1.165) is 29.9 Å². The molecule has 1 N–H and O–H groups in total. The monoisotopic (exact) mass is 302 g/mol. The van der Waals surface area contributed by atoms with Crippen LogP contribution < -0.4 is 10.1 Å². The van der Waals surface area contributed by atoms with E-state index in [4.69, 9.17) is 14.7 Å². The van der Waals surface area contributed by atoms with E-state index >= 15 is 0 Å². The summed E-state index contributed by atoms with van der Waals surface area (Å²) in [5.74, 6) is 0.483. The molecule has 0 radical (unpaired) electrons. The third-order valence-electron chi connectivity index (χ3n) is 3.69. The van der Waals surface area contributed by atoms with Gasteiger partial charge in [-0.3, -0.25) is 4.79 Å². The SMILES string of the molecule is Cc1ccc(CNC(=O)C(C)(C)C#N)c(OC2CCOC2)c1. The predicted octanol–water partition coefficient (Wildman–Crippen LogP) is 2.33. The molecule has 0 aliphatic carbocycles. The molecule has 2 rings (SSSR count). The average molecular weight is 302 g/mol. The minimum Gasteiger partial charge on any atom is -0.488 e. The molecule has 1 unspecified atom stereocenters. The molecule has 1 aromatic rings. The number of amides is 1. The first-order valence-electron chi connectivity index (χ1n) is 7.46. The molecule has 0 aromatic heterocycles. The van der Waals surface area contributed by atoms with E-state index in [1.165, 1.54) is 0 Å². The molecule has 118 valence electrons. The number of ether oxygens (including phenoxy) is 2. The van der Waals surface area contributed by atoms with Gasteiger partial charge in [0.2, 0.25) is 5.91 Å². The molecule has 1 heterocycles. The van der Waals surface area contributed by atoms with Crippen LogP contribution in [0.2, 0.25) is 0 Å². The molecular formula is C17H22N2O3. The van der Waals surface area contributed by atoms with Crippen LogP contribution in [-0.4, -0.2) is 25.2 Å². The lowest BCUT2D eigenvalue weighted by Gasteiger charge is -2.19. The molecule has 22 heavy (non-hydrogen) atoms. The Labute approximate surface area is 131 Å². The van der Waals surface area contributed by atoms with Crippen LogP contribution in [0.1, 0.15) is 31.4 Å². The second-order valence-electron chi connectivity index (χ2n) is 6.13. The van der Waals surface area contributed by atoms with Crippen LogP contribution in [0, 0.1) is 23.7 Å². The van der Waals surface area contributed by atoms with Crippen LogP contribution in [-0.2, 0) is 16.1 Å². The Morgan fingerprint density at radius 1 is 1.55 bits per heavy atom. The first-order valence-corrected chi connectivity index (χ1v) is 7.46. The number of hydrogen-bond acceptors (Lipinski definition) is 4. The molecular weight excluding hydrogens is 280 g/mol. The second-order valence-corrected chi connectivity index (χ2v) is 6.13. The van der Waals surface area contributed by atoms with Gasteiger partial charge in [-0.05, 0) is 32.4 Å². The van der Waals surface area contributed by atoms with Crippen molar-refractivity contribution < 1.29 is 14.3 Å². The fraction of sp³-hybridized carbons (Fsp3) is 0.529. The summed E-state index contributed by atoms with van der Waals surface area (Å²) in [4.78, 5) is 12.0. The van der Waals surface area contributed by atoms with Crippen LogP contribution in [0.4, 0.5) is 0 Å². The molecule has 0 spiro atoms. The highest BCUT2D eigenvalue weighted by atomic mass is 16.5. The first kappa shape index (κ1) is 16.3. The van der Waals surface area contributed by atoms with E-state index in [9.17, 15) is 4.79 Å². The lowest BCUT2D eigenvalue weighted by molar-refractivity contribution is -0.126. The molecule has 1 saturated heterocycles.